The van der Waals surface area contributed by atoms with Crippen LogP contribution < -0.4 is 15.4 Å². The van der Waals surface area contributed by atoms with E-state index >= 15 is 0 Å². The Balaban J connectivity index is 1.40. The van der Waals surface area contributed by atoms with Gasteiger partial charge in [-0.1, -0.05) is 30.3 Å². The number of hydrogen-bond acceptors (Lipinski definition) is 6. The topological polar surface area (TPSA) is 89.0 Å². The van der Waals surface area contributed by atoms with E-state index in [9.17, 15) is 4.79 Å². The number of anilines is 2. The predicted octanol–water partition coefficient (Wildman–Crippen LogP) is 4.53. The van der Waals surface area contributed by atoms with Gasteiger partial charge in [-0.2, -0.15) is 0 Å². The van der Waals surface area contributed by atoms with E-state index in [-0.39, 0.29) is 11.6 Å². The molecule has 4 rings (SSSR count). The molecule has 148 valence electrons. The Hall–Kier alpha value is -4.26. The average Bonchev–Trinajstić information content (AvgIpc) is 2.81. The van der Waals surface area contributed by atoms with Crippen molar-refractivity contribution in [2.45, 2.75) is 6.54 Å². The molecule has 0 aliphatic carbocycles. The third-order valence-corrected chi connectivity index (χ3v) is 4.21. The van der Waals surface area contributed by atoms with Crippen LogP contribution >= 0.6 is 0 Å². The smallest absolute Gasteiger partial charge is 0.275 e. The minimum atomic E-state index is -0.368. The molecule has 30 heavy (non-hydrogen) atoms. The molecule has 7 heteroatoms. The van der Waals surface area contributed by atoms with E-state index in [0.717, 1.165) is 5.56 Å². The summed E-state index contributed by atoms with van der Waals surface area (Å²) in [4.78, 5) is 25.1. The molecule has 2 N–H and O–H groups in total. The number of nitrogens with zero attached hydrogens (tertiary/aromatic N) is 3. The number of pyridine rings is 1. The van der Waals surface area contributed by atoms with Crippen molar-refractivity contribution in [1.29, 1.82) is 0 Å². The lowest BCUT2D eigenvalue weighted by molar-refractivity contribution is 0.102. The summed E-state index contributed by atoms with van der Waals surface area (Å²) in [5.74, 6) is 1.44. The van der Waals surface area contributed by atoms with Gasteiger partial charge in [-0.05, 0) is 42.0 Å². The Labute approximate surface area is 173 Å². The molecular formula is C23H19N5O2. The van der Waals surface area contributed by atoms with Crippen molar-refractivity contribution in [1.82, 2.24) is 15.0 Å². The molecule has 0 fully saturated rings. The first-order chi connectivity index (χ1) is 14.8. The lowest BCUT2D eigenvalue weighted by Crippen LogP contribution is -2.15. The fourth-order valence-electron chi connectivity index (χ4n) is 2.69. The Morgan fingerprint density at radius 1 is 0.867 bits per heavy atom. The number of ether oxygens (including phenoxy) is 1. The zero-order valence-corrected chi connectivity index (χ0v) is 16.0. The van der Waals surface area contributed by atoms with Gasteiger partial charge >= 0.3 is 0 Å². The van der Waals surface area contributed by atoms with Crippen LogP contribution in [0, 0.1) is 0 Å². The van der Waals surface area contributed by atoms with Gasteiger partial charge in [0.05, 0.1) is 18.1 Å². The molecule has 0 bridgehead atoms. The van der Waals surface area contributed by atoms with Crippen LogP contribution in [0.15, 0.2) is 91.5 Å². The summed E-state index contributed by atoms with van der Waals surface area (Å²) in [6.07, 6.45) is 6.43. The van der Waals surface area contributed by atoms with Crippen LogP contribution in [-0.4, -0.2) is 20.9 Å². The lowest BCUT2D eigenvalue weighted by atomic mass is 10.2. The van der Waals surface area contributed by atoms with Crippen LogP contribution in [-0.2, 0) is 6.54 Å². The van der Waals surface area contributed by atoms with Gasteiger partial charge in [0.25, 0.3) is 5.91 Å². The van der Waals surface area contributed by atoms with Crippen molar-refractivity contribution in [3.63, 3.8) is 0 Å². The maximum atomic E-state index is 12.6. The van der Waals surface area contributed by atoms with Crippen molar-refractivity contribution in [2.75, 3.05) is 10.6 Å². The summed E-state index contributed by atoms with van der Waals surface area (Å²) in [6, 6.07) is 20.4. The summed E-state index contributed by atoms with van der Waals surface area (Å²) >= 11 is 0. The van der Waals surface area contributed by atoms with E-state index in [2.05, 4.69) is 25.6 Å². The highest BCUT2D eigenvalue weighted by Crippen LogP contribution is 2.29. The maximum absolute atomic E-state index is 12.6. The van der Waals surface area contributed by atoms with Crippen LogP contribution in [0.1, 0.15) is 16.1 Å². The van der Waals surface area contributed by atoms with Gasteiger partial charge in [-0.25, -0.2) is 9.97 Å². The van der Waals surface area contributed by atoms with E-state index < -0.39 is 0 Å². The van der Waals surface area contributed by atoms with Crippen molar-refractivity contribution >= 4 is 17.4 Å². The summed E-state index contributed by atoms with van der Waals surface area (Å²) in [5.41, 5.74) is 1.83. The van der Waals surface area contributed by atoms with Gasteiger partial charge in [-0.3, -0.25) is 9.78 Å². The van der Waals surface area contributed by atoms with Crippen LogP contribution in [0.4, 0.5) is 11.5 Å². The highest BCUT2D eigenvalue weighted by Gasteiger charge is 2.12. The summed E-state index contributed by atoms with van der Waals surface area (Å²) in [5, 5.41) is 5.99. The van der Waals surface area contributed by atoms with Gasteiger partial charge in [-0.15, -0.1) is 0 Å². The summed E-state index contributed by atoms with van der Waals surface area (Å²) < 4.78 is 5.87. The van der Waals surface area contributed by atoms with E-state index in [4.69, 9.17) is 4.74 Å². The molecule has 0 aliphatic rings. The highest BCUT2D eigenvalue weighted by atomic mass is 16.5. The average molecular weight is 397 g/mol. The van der Waals surface area contributed by atoms with Gasteiger partial charge in [0.1, 0.15) is 17.3 Å². The number of nitrogens with one attached hydrogen (secondary N) is 2. The highest BCUT2D eigenvalue weighted by molar-refractivity contribution is 6.03. The number of aromatic nitrogens is 3. The number of carbonyl (C=O) groups excluding carboxylic acids is 1. The van der Waals surface area contributed by atoms with Crippen molar-refractivity contribution in [2.24, 2.45) is 0 Å². The molecule has 0 radical (unpaired) electrons. The maximum Gasteiger partial charge on any atom is 0.275 e. The van der Waals surface area contributed by atoms with Crippen LogP contribution in [0.2, 0.25) is 0 Å². The monoisotopic (exact) mass is 397 g/mol. The van der Waals surface area contributed by atoms with Gasteiger partial charge in [0.15, 0.2) is 5.75 Å². The molecule has 0 aliphatic heterocycles. The Morgan fingerprint density at radius 3 is 2.40 bits per heavy atom. The molecule has 0 unspecified atom stereocenters. The van der Waals surface area contributed by atoms with E-state index in [1.807, 2.05) is 54.6 Å². The molecule has 2 heterocycles. The number of amides is 1. The SMILES string of the molecule is O=C(Nc1ccccc1Oc1ccccc1)c1cnc(NCc2ccncc2)cn1. The Morgan fingerprint density at radius 2 is 1.63 bits per heavy atom. The lowest BCUT2D eigenvalue weighted by Gasteiger charge is -2.12. The van der Waals surface area contributed by atoms with Crippen molar-refractivity contribution in [3.05, 3.63) is 103 Å². The molecule has 0 spiro atoms. The molecule has 0 saturated heterocycles. The first-order valence-corrected chi connectivity index (χ1v) is 9.36. The minimum Gasteiger partial charge on any atom is -0.455 e. The molecule has 0 saturated carbocycles. The molecular weight excluding hydrogens is 378 g/mol. The van der Waals surface area contributed by atoms with Crippen LogP contribution in [0.25, 0.3) is 0 Å². The molecule has 7 nitrogen and oxygen atoms in total. The molecule has 0 atom stereocenters. The normalized spacial score (nSPS) is 10.3. The van der Waals surface area contributed by atoms with Gasteiger partial charge in [0.2, 0.25) is 0 Å². The number of benzene rings is 2. The Kier molecular flexibility index (Phi) is 5.91. The van der Waals surface area contributed by atoms with Crippen molar-refractivity contribution in [3.8, 4) is 11.5 Å². The first kappa shape index (κ1) is 19.1. The molecule has 4 aromatic rings. The molecule has 2 aromatic carbocycles. The second-order valence-electron chi connectivity index (χ2n) is 6.36. The largest absolute Gasteiger partial charge is 0.455 e. The number of para-hydroxylation sites is 3. The number of hydrogen-bond donors (Lipinski definition) is 2. The van der Waals surface area contributed by atoms with Crippen LogP contribution in [0.5, 0.6) is 11.5 Å². The third kappa shape index (κ3) is 4.96. The standard InChI is InChI=1S/C23H19N5O2/c29-23(20-15-27-22(16-25-20)26-14-17-10-12-24-13-11-17)28-19-8-4-5-9-21(19)30-18-6-2-1-3-7-18/h1-13,15-16H,14H2,(H,26,27)(H,28,29). The number of rotatable bonds is 7. The zero-order chi connectivity index (χ0) is 20.6. The van der Waals surface area contributed by atoms with Crippen LogP contribution in [0.3, 0.4) is 0 Å². The quantitative estimate of drug-likeness (QED) is 0.476. The zero-order valence-electron chi connectivity index (χ0n) is 16.0. The second kappa shape index (κ2) is 9.29. The van der Waals surface area contributed by atoms with Crippen molar-refractivity contribution < 1.29 is 9.53 Å². The third-order valence-electron chi connectivity index (χ3n) is 4.21. The summed E-state index contributed by atoms with van der Waals surface area (Å²) in [6.45, 7) is 0.590. The fraction of sp³-hybridized carbons (Fsp3) is 0.0435. The predicted molar refractivity (Wildman–Crippen MR) is 115 cm³/mol. The summed E-state index contributed by atoms with van der Waals surface area (Å²) in [7, 11) is 0. The number of carbonyl (C=O) groups is 1. The molecule has 1 amide bonds. The minimum absolute atomic E-state index is 0.207. The van der Waals surface area contributed by atoms with E-state index in [0.29, 0.717) is 29.5 Å². The first-order valence-electron chi connectivity index (χ1n) is 9.36. The van der Waals surface area contributed by atoms with Gasteiger partial charge in [0, 0.05) is 18.9 Å². The van der Waals surface area contributed by atoms with E-state index in [1.54, 1.807) is 24.5 Å². The second-order valence-corrected chi connectivity index (χ2v) is 6.36. The Bertz CT molecular complexity index is 1100. The fourth-order valence-corrected chi connectivity index (χ4v) is 2.69. The van der Waals surface area contributed by atoms with E-state index in [1.165, 1.54) is 12.4 Å². The van der Waals surface area contributed by atoms with Gasteiger partial charge < -0.3 is 15.4 Å². The molecule has 2 aromatic heterocycles.